The van der Waals surface area contributed by atoms with E-state index in [1.54, 1.807) is 0 Å². The molecule has 0 radical (unpaired) electrons. The topological polar surface area (TPSA) is 63.9 Å². The molecular formula is C24H44BN5O2Si2. The van der Waals surface area contributed by atoms with Crippen LogP contribution in [0.1, 0.15) is 25.0 Å². The summed E-state index contributed by atoms with van der Waals surface area (Å²) in [4.78, 5) is 7.09. The Balaban J connectivity index is 1.82. The maximum atomic E-state index is 6.17. The summed E-state index contributed by atoms with van der Waals surface area (Å²) < 4.78 is 14.2. The summed E-state index contributed by atoms with van der Waals surface area (Å²) >= 11 is 0. The smallest absolute Gasteiger partial charge is 0.182 e. The van der Waals surface area contributed by atoms with Crippen molar-refractivity contribution in [2.75, 3.05) is 31.6 Å². The Morgan fingerprint density at radius 3 is 2.26 bits per heavy atom. The highest BCUT2D eigenvalue weighted by Crippen LogP contribution is 2.29. The van der Waals surface area contributed by atoms with Crippen LogP contribution >= 0.6 is 0 Å². The lowest BCUT2D eigenvalue weighted by molar-refractivity contribution is 0.0942. The third-order valence-corrected chi connectivity index (χ3v) is 9.71. The standard InChI is InChI=1S/C24H44BN5O2Si2/c1-33(2,3)15-13-31-18-29(19-32-14-16-34(4,5)6)24-17-22(27-23-11-12-26-30(23)24)20-7-9-21(28-25)10-8-20/h7,11-12,17,21,28H,8-10,13-16,18-19,25H2,1-6H3. The van der Waals surface area contributed by atoms with E-state index in [-0.39, 0.29) is 0 Å². The molecule has 0 amide bonds. The normalized spacial score (nSPS) is 17.2. The van der Waals surface area contributed by atoms with Crippen LogP contribution < -0.4 is 10.1 Å². The molecule has 0 aliphatic heterocycles. The maximum Gasteiger partial charge on any atom is 0.182 e. The number of ether oxygens (including phenoxy) is 2. The summed E-state index contributed by atoms with van der Waals surface area (Å²) in [6, 6.07) is 6.99. The molecule has 3 rings (SSSR count). The van der Waals surface area contributed by atoms with Gasteiger partial charge in [-0.3, -0.25) is 0 Å². The first-order valence-electron chi connectivity index (χ1n) is 12.7. The van der Waals surface area contributed by atoms with Gasteiger partial charge in [0.1, 0.15) is 19.3 Å². The van der Waals surface area contributed by atoms with Crippen LogP contribution in [0.2, 0.25) is 51.4 Å². The van der Waals surface area contributed by atoms with E-state index in [1.165, 1.54) is 5.57 Å². The van der Waals surface area contributed by atoms with Crippen LogP contribution in [0.25, 0.3) is 11.2 Å². The third kappa shape index (κ3) is 8.34. The SMILES string of the molecule is BNC1CC=C(c2cc(N(COCC[Si](C)(C)C)COCC[Si](C)(C)C)n3nccc3n2)CC1. The number of rotatable bonds is 13. The van der Waals surface area contributed by atoms with E-state index in [4.69, 9.17) is 14.5 Å². The molecule has 7 nitrogen and oxygen atoms in total. The molecule has 1 atom stereocenters. The fourth-order valence-corrected chi connectivity index (χ4v) is 5.40. The van der Waals surface area contributed by atoms with Crippen molar-refractivity contribution in [1.29, 1.82) is 0 Å². The first-order chi connectivity index (χ1) is 16.1. The van der Waals surface area contributed by atoms with Crippen LogP contribution in [0.15, 0.2) is 24.4 Å². The van der Waals surface area contributed by atoms with Crippen LogP contribution in [0.5, 0.6) is 0 Å². The van der Waals surface area contributed by atoms with E-state index in [0.717, 1.165) is 61.7 Å². The summed E-state index contributed by atoms with van der Waals surface area (Å²) in [6.45, 7) is 16.8. The molecule has 0 saturated carbocycles. The Morgan fingerprint density at radius 2 is 1.74 bits per heavy atom. The second kappa shape index (κ2) is 12.0. The Bertz CT molecular complexity index is 933. The molecule has 0 aromatic carbocycles. The lowest BCUT2D eigenvalue weighted by atomic mass is 9.92. The van der Waals surface area contributed by atoms with Crippen molar-refractivity contribution in [1.82, 2.24) is 19.8 Å². The molecule has 0 bridgehead atoms. The number of hydrogen-bond donors (Lipinski definition) is 1. The van der Waals surface area contributed by atoms with Crippen LogP contribution in [0, 0.1) is 0 Å². The quantitative estimate of drug-likeness (QED) is 0.252. The first-order valence-corrected chi connectivity index (χ1v) is 20.1. The van der Waals surface area contributed by atoms with Gasteiger partial charge in [-0.1, -0.05) is 45.4 Å². The minimum absolute atomic E-state index is 0.483. The summed E-state index contributed by atoms with van der Waals surface area (Å²) in [5, 5.41) is 7.97. The number of aromatic nitrogens is 3. The predicted octanol–water partition coefficient (Wildman–Crippen LogP) is 4.23. The van der Waals surface area contributed by atoms with Crippen molar-refractivity contribution in [3.05, 3.63) is 30.1 Å². The van der Waals surface area contributed by atoms with Gasteiger partial charge < -0.3 is 19.6 Å². The highest BCUT2D eigenvalue weighted by molar-refractivity contribution is 6.76. The zero-order valence-electron chi connectivity index (χ0n) is 22.4. The highest BCUT2D eigenvalue weighted by atomic mass is 28.3. The van der Waals surface area contributed by atoms with Crippen molar-refractivity contribution >= 4 is 41.2 Å². The molecular weight excluding hydrogens is 457 g/mol. The molecule has 0 spiro atoms. The van der Waals surface area contributed by atoms with Gasteiger partial charge in [0.2, 0.25) is 0 Å². The fourth-order valence-electron chi connectivity index (χ4n) is 3.89. The van der Waals surface area contributed by atoms with Gasteiger partial charge >= 0.3 is 0 Å². The summed E-state index contributed by atoms with van der Waals surface area (Å²) in [7, 11) is -0.247. The average molecular weight is 502 g/mol. The second-order valence-corrected chi connectivity index (χ2v) is 23.1. The number of allylic oxidation sites excluding steroid dienone is 1. The zero-order chi connectivity index (χ0) is 24.8. The summed E-state index contributed by atoms with van der Waals surface area (Å²) in [5.41, 5.74) is 3.21. The maximum absolute atomic E-state index is 6.17. The third-order valence-electron chi connectivity index (χ3n) is 6.30. The molecule has 2 aromatic rings. The summed E-state index contributed by atoms with van der Waals surface area (Å²) in [6.07, 6.45) is 7.35. The Labute approximate surface area is 208 Å². The predicted molar refractivity (Wildman–Crippen MR) is 151 cm³/mol. The van der Waals surface area contributed by atoms with Crippen molar-refractivity contribution < 1.29 is 9.47 Å². The van der Waals surface area contributed by atoms with Gasteiger partial charge in [-0.25, -0.2) is 4.98 Å². The molecule has 0 saturated heterocycles. The van der Waals surface area contributed by atoms with E-state index < -0.39 is 16.1 Å². The van der Waals surface area contributed by atoms with E-state index in [1.807, 2.05) is 24.8 Å². The van der Waals surface area contributed by atoms with Gasteiger partial charge in [-0.15, -0.1) is 0 Å². The van der Waals surface area contributed by atoms with E-state index >= 15 is 0 Å². The van der Waals surface area contributed by atoms with Gasteiger partial charge in [0.15, 0.2) is 13.6 Å². The Kier molecular flexibility index (Phi) is 9.56. The van der Waals surface area contributed by atoms with Crippen molar-refractivity contribution in [2.45, 2.75) is 76.7 Å². The van der Waals surface area contributed by atoms with Gasteiger partial charge in [0.25, 0.3) is 0 Å². The van der Waals surface area contributed by atoms with E-state index in [2.05, 4.69) is 66.7 Å². The number of nitrogens with one attached hydrogen (secondary N) is 1. The largest absolute Gasteiger partial charge is 0.361 e. The van der Waals surface area contributed by atoms with Crippen molar-refractivity contribution in [2.24, 2.45) is 0 Å². The van der Waals surface area contributed by atoms with Crippen LogP contribution in [-0.4, -0.2) is 71.4 Å². The van der Waals surface area contributed by atoms with E-state index in [0.29, 0.717) is 19.5 Å². The lowest BCUT2D eigenvalue weighted by Crippen LogP contribution is -2.33. The molecule has 1 unspecified atom stereocenters. The Morgan fingerprint density at radius 1 is 1.09 bits per heavy atom. The second-order valence-electron chi connectivity index (χ2n) is 11.8. The lowest BCUT2D eigenvalue weighted by Gasteiger charge is -2.27. The number of anilines is 1. The minimum atomic E-state index is -1.14. The minimum Gasteiger partial charge on any atom is -0.361 e. The monoisotopic (exact) mass is 501 g/mol. The molecule has 0 fully saturated rings. The van der Waals surface area contributed by atoms with Crippen LogP contribution in [0.4, 0.5) is 5.82 Å². The number of hydrogen-bond acceptors (Lipinski definition) is 6. The first kappa shape index (κ1) is 27.1. The average Bonchev–Trinajstić information content (AvgIpc) is 3.25. The van der Waals surface area contributed by atoms with E-state index in [9.17, 15) is 0 Å². The molecule has 34 heavy (non-hydrogen) atoms. The van der Waals surface area contributed by atoms with Gasteiger partial charge in [0, 0.05) is 41.5 Å². The summed E-state index contributed by atoms with van der Waals surface area (Å²) in [5.74, 6) is 0.975. The molecule has 2 heterocycles. The molecule has 188 valence electrons. The molecule has 2 aromatic heterocycles. The molecule has 10 heteroatoms. The van der Waals surface area contributed by atoms with Crippen molar-refractivity contribution in [3.8, 4) is 0 Å². The fraction of sp³-hybridized carbons (Fsp3) is 0.667. The highest BCUT2D eigenvalue weighted by Gasteiger charge is 2.20. The van der Waals surface area contributed by atoms with Crippen LogP contribution in [0.3, 0.4) is 0 Å². The van der Waals surface area contributed by atoms with Gasteiger partial charge in [-0.2, -0.15) is 9.61 Å². The molecule has 1 aliphatic carbocycles. The number of fused-ring (bicyclic) bond motifs is 1. The molecule has 1 N–H and O–H groups in total. The zero-order valence-corrected chi connectivity index (χ0v) is 24.4. The number of nitrogens with zero attached hydrogens (tertiary/aromatic N) is 4. The van der Waals surface area contributed by atoms with Crippen molar-refractivity contribution in [3.63, 3.8) is 0 Å². The molecule has 1 aliphatic rings. The van der Waals surface area contributed by atoms with Crippen LogP contribution in [-0.2, 0) is 9.47 Å². The van der Waals surface area contributed by atoms with Gasteiger partial charge in [-0.05, 0) is 43.0 Å². The van der Waals surface area contributed by atoms with Gasteiger partial charge in [0.05, 0.1) is 11.9 Å². The Hall–Kier alpha value is -1.46.